The molecule has 1 N–H and O–H groups in total. The van der Waals surface area contributed by atoms with Gasteiger partial charge in [-0.2, -0.15) is 5.10 Å². The molecule has 1 amide bonds. The largest absolute Gasteiger partial charge is 0.340 e. The second kappa shape index (κ2) is 8.04. The summed E-state index contributed by atoms with van der Waals surface area (Å²) in [6, 6.07) is 7.86. The summed E-state index contributed by atoms with van der Waals surface area (Å²) in [7, 11) is 1.86. The van der Waals surface area contributed by atoms with Crippen LogP contribution in [0.25, 0.3) is 11.3 Å². The highest BCUT2D eigenvalue weighted by Crippen LogP contribution is 2.44. The average molecular weight is 469 g/mol. The Morgan fingerprint density at radius 3 is 2.71 bits per heavy atom. The number of pyridine rings is 1. The van der Waals surface area contributed by atoms with Gasteiger partial charge in [0.2, 0.25) is 5.95 Å². The zero-order valence-corrected chi connectivity index (χ0v) is 20.2. The highest BCUT2D eigenvalue weighted by Gasteiger charge is 2.49. The number of carbonyl (C=O) groups excluding carboxylic acids is 1. The van der Waals surface area contributed by atoms with Gasteiger partial charge in [-0.05, 0) is 56.4 Å². The molecular formula is C26H28N8O. The van der Waals surface area contributed by atoms with Gasteiger partial charge in [-0.15, -0.1) is 0 Å². The molecular weight excluding hydrogens is 440 g/mol. The molecule has 1 saturated carbocycles. The summed E-state index contributed by atoms with van der Waals surface area (Å²) in [6.07, 6.45) is 10.6. The van der Waals surface area contributed by atoms with Crippen molar-refractivity contribution in [1.29, 1.82) is 0 Å². The lowest BCUT2D eigenvalue weighted by atomic mass is 9.73. The molecule has 1 aliphatic carbocycles. The third-order valence-electron chi connectivity index (χ3n) is 7.43. The normalized spacial score (nSPS) is 16.3. The van der Waals surface area contributed by atoms with Crippen LogP contribution in [0.2, 0.25) is 0 Å². The lowest BCUT2D eigenvalue weighted by molar-refractivity contribution is -0.00966. The molecule has 2 aliphatic rings. The second-order valence-corrected chi connectivity index (χ2v) is 9.65. The van der Waals surface area contributed by atoms with Crippen LogP contribution in [0.15, 0.2) is 49.1 Å². The molecule has 0 unspecified atom stereocenters. The van der Waals surface area contributed by atoms with E-state index in [4.69, 9.17) is 4.98 Å². The Morgan fingerprint density at radius 2 is 2.00 bits per heavy atom. The summed E-state index contributed by atoms with van der Waals surface area (Å²) in [5.41, 5.74) is 5.35. The number of hydrogen-bond acceptors (Lipinski definition) is 6. The van der Waals surface area contributed by atoms with Gasteiger partial charge in [0.1, 0.15) is 11.5 Å². The standard InChI is InChI=1S/C26H28N8O/c1-17-13-28-25(30-22-7-11-29-32(22)3)31-23(17)20-12-21-24(35)34(15-19-6-4-10-27-18(19)2)26(8-5-9-26)16-33(21)14-20/h4,6-7,10-14H,5,8-9,15-16H2,1-3H3,(H,28,30,31). The number of amides is 1. The Balaban J connectivity index is 1.35. The molecule has 9 nitrogen and oxygen atoms in total. The lowest BCUT2D eigenvalue weighted by Gasteiger charge is -2.53. The average Bonchev–Trinajstić information content (AvgIpc) is 3.43. The van der Waals surface area contributed by atoms with Crippen molar-refractivity contribution in [2.24, 2.45) is 7.05 Å². The summed E-state index contributed by atoms with van der Waals surface area (Å²) in [4.78, 5) is 29.6. The van der Waals surface area contributed by atoms with E-state index in [0.29, 0.717) is 18.2 Å². The summed E-state index contributed by atoms with van der Waals surface area (Å²) >= 11 is 0. The number of hydrogen-bond donors (Lipinski definition) is 1. The van der Waals surface area contributed by atoms with Crippen molar-refractivity contribution < 1.29 is 4.79 Å². The molecule has 5 heterocycles. The van der Waals surface area contributed by atoms with Crippen molar-refractivity contribution in [1.82, 2.24) is 34.2 Å². The molecule has 0 atom stereocenters. The third kappa shape index (κ3) is 3.58. The van der Waals surface area contributed by atoms with Crippen molar-refractivity contribution in [3.05, 3.63) is 71.6 Å². The number of fused-ring (bicyclic) bond motifs is 1. The molecule has 4 aromatic rings. The van der Waals surface area contributed by atoms with E-state index >= 15 is 0 Å². The summed E-state index contributed by atoms with van der Waals surface area (Å²) in [5, 5.41) is 7.40. The fraction of sp³-hybridized carbons (Fsp3) is 0.346. The molecule has 1 fully saturated rings. The minimum Gasteiger partial charge on any atom is -0.340 e. The van der Waals surface area contributed by atoms with Crippen LogP contribution in [0, 0.1) is 13.8 Å². The summed E-state index contributed by atoms with van der Waals surface area (Å²) < 4.78 is 3.86. The van der Waals surface area contributed by atoms with Crippen LogP contribution in [0.5, 0.6) is 0 Å². The first-order valence-corrected chi connectivity index (χ1v) is 12.0. The number of nitrogens with zero attached hydrogens (tertiary/aromatic N) is 7. The van der Waals surface area contributed by atoms with E-state index in [2.05, 4.69) is 42.1 Å². The number of rotatable bonds is 5. The molecule has 0 aromatic carbocycles. The number of carbonyl (C=O) groups is 1. The fourth-order valence-corrected chi connectivity index (χ4v) is 5.22. The number of aryl methyl sites for hydroxylation is 3. The van der Waals surface area contributed by atoms with Crippen molar-refractivity contribution in [3.8, 4) is 11.3 Å². The van der Waals surface area contributed by atoms with E-state index in [9.17, 15) is 4.79 Å². The van der Waals surface area contributed by atoms with E-state index in [1.54, 1.807) is 17.1 Å². The molecule has 0 bridgehead atoms. The van der Waals surface area contributed by atoms with E-state index in [1.165, 1.54) is 0 Å². The maximum atomic E-state index is 13.8. The highest BCUT2D eigenvalue weighted by molar-refractivity contribution is 5.96. The van der Waals surface area contributed by atoms with Gasteiger partial charge in [0, 0.05) is 56.1 Å². The lowest BCUT2D eigenvalue weighted by Crippen LogP contribution is -2.61. The van der Waals surface area contributed by atoms with Crippen LogP contribution < -0.4 is 5.32 Å². The first-order chi connectivity index (χ1) is 16.9. The molecule has 6 rings (SSSR count). The Hall–Kier alpha value is -4.01. The van der Waals surface area contributed by atoms with Gasteiger partial charge in [-0.3, -0.25) is 14.5 Å². The minimum atomic E-state index is -0.129. The summed E-state index contributed by atoms with van der Waals surface area (Å²) in [5.74, 6) is 1.37. The maximum Gasteiger partial charge on any atom is 0.271 e. The van der Waals surface area contributed by atoms with Crippen molar-refractivity contribution in [2.45, 2.75) is 51.7 Å². The fourth-order valence-electron chi connectivity index (χ4n) is 5.22. The van der Waals surface area contributed by atoms with Crippen LogP contribution >= 0.6 is 0 Å². The van der Waals surface area contributed by atoms with Crippen LogP contribution in [0.3, 0.4) is 0 Å². The highest BCUT2D eigenvalue weighted by atomic mass is 16.2. The minimum absolute atomic E-state index is 0.0744. The SMILES string of the molecule is Cc1cnc(Nc2ccnn2C)nc1-c1cc2n(c1)CC1(CCC1)N(Cc1cccnc1C)C2=O. The second-order valence-electron chi connectivity index (χ2n) is 9.65. The molecule has 9 heteroatoms. The predicted octanol–water partition coefficient (Wildman–Crippen LogP) is 4.01. The quantitative estimate of drug-likeness (QED) is 0.476. The van der Waals surface area contributed by atoms with Gasteiger partial charge in [0.25, 0.3) is 5.91 Å². The third-order valence-corrected chi connectivity index (χ3v) is 7.43. The monoisotopic (exact) mass is 468 g/mol. The molecule has 1 aliphatic heterocycles. The first kappa shape index (κ1) is 21.5. The molecule has 178 valence electrons. The smallest absolute Gasteiger partial charge is 0.271 e. The number of anilines is 2. The van der Waals surface area contributed by atoms with Crippen LogP contribution in [0.4, 0.5) is 11.8 Å². The maximum absolute atomic E-state index is 13.8. The van der Waals surface area contributed by atoms with Crippen molar-refractivity contribution >= 4 is 17.7 Å². The van der Waals surface area contributed by atoms with E-state index < -0.39 is 0 Å². The van der Waals surface area contributed by atoms with Gasteiger partial charge >= 0.3 is 0 Å². The van der Waals surface area contributed by atoms with Crippen molar-refractivity contribution in [3.63, 3.8) is 0 Å². The molecule has 1 spiro atoms. The summed E-state index contributed by atoms with van der Waals surface area (Å²) in [6.45, 7) is 5.39. The Morgan fingerprint density at radius 1 is 1.14 bits per heavy atom. The van der Waals surface area contributed by atoms with Gasteiger partial charge in [-0.1, -0.05) is 6.07 Å². The molecule has 0 saturated heterocycles. The molecule has 35 heavy (non-hydrogen) atoms. The van der Waals surface area contributed by atoms with Gasteiger partial charge < -0.3 is 14.8 Å². The van der Waals surface area contributed by atoms with Gasteiger partial charge in [-0.25, -0.2) is 9.97 Å². The zero-order valence-electron chi connectivity index (χ0n) is 20.2. The Labute approximate surface area is 203 Å². The van der Waals surface area contributed by atoms with E-state index in [0.717, 1.165) is 59.7 Å². The van der Waals surface area contributed by atoms with Crippen LogP contribution in [0.1, 0.15) is 46.6 Å². The van der Waals surface area contributed by atoms with E-state index in [1.807, 2.05) is 45.3 Å². The van der Waals surface area contributed by atoms with Crippen LogP contribution in [-0.4, -0.2) is 45.6 Å². The van der Waals surface area contributed by atoms with E-state index in [-0.39, 0.29) is 11.4 Å². The van der Waals surface area contributed by atoms with Crippen molar-refractivity contribution in [2.75, 3.05) is 5.32 Å². The molecule has 4 aromatic heterocycles. The van der Waals surface area contributed by atoms with Crippen LogP contribution in [-0.2, 0) is 20.1 Å². The van der Waals surface area contributed by atoms with Gasteiger partial charge in [0.15, 0.2) is 0 Å². The molecule has 0 radical (unpaired) electrons. The Bertz CT molecular complexity index is 1430. The Kier molecular flexibility index (Phi) is 4.94. The number of nitrogens with one attached hydrogen (secondary N) is 1. The number of aromatic nitrogens is 6. The van der Waals surface area contributed by atoms with Gasteiger partial charge in [0.05, 0.1) is 17.4 Å². The predicted molar refractivity (Wildman–Crippen MR) is 132 cm³/mol. The topological polar surface area (TPSA) is 93.8 Å². The first-order valence-electron chi connectivity index (χ1n) is 12.0. The zero-order chi connectivity index (χ0) is 24.2.